The van der Waals surface area contributed by atoms with Gasteiger partial charge >= 0.3 is 0 Å². The molecule has 0 aromatic heterocycles. The fraction of sp³-hybridized carbons (Fsp3) is 0.846. The van der Waals surface area contributed by atoms with Gasteiger partial charge in [-0.05, 0) is 32.9 Å². The molecule has 1 heterocycles. The first-order valence-electron chi connectivity index (χ1n) is 5.78. The van der Waals surface area contributed by atoms with E-state index in [-0.39, 0.29) is 5.41 Å². The third-order valence-electron chi connectivity index (χ3n) is 3.29. The molecule has 0 bridgehead atoms. The number of rotatable bonds is 1. The maximum Gasteiger partial charge on any atom is 0.127 e. The lowest BCUT2D eigenvalue weighted by Gasteiger charge is -2.32. The van der Waals surface area contributed by atoms with Crippen LogP contribution in [-0.2, 0) is 0 Å². The van der Waals surface area contributed by atoms with Gasteiger partial charge in [0.25, 0.3) is 0 Å². The van der Waals surface area contributed by atoms with E-state index in [1.54, 1.807) is 6.92 Å². The lowest BCUT2D eigenvalue weighted by molar-refractivity contribution is 0.0127. The monoisotopic (exact) mass is 209 g/mol. The van der Waals surface area contributed by atoms with Crippen molar-refractivity contribution in [2.75, 3.05) is 19.6 Å². The van der Waals surface area contributed by atoms with Crippen molar-refractivity contribution in [1.29, 1.82) is 0 Å². The van der Waals surface area contributed by atoms with Crippen LogP contribution in [0.3, 0.4) is 0 Å². The normalized spacial score (nSPS) is 21.9. The van der Waals surface area contributed by atoms with Crippen LogP contribution in [0, 0.1) is 17.3 Å². The van der Waals surface area contributed by atoms with Gasteiger partial charge < -0.3 is 5.11 Å². The molecule has 0 aliphatic carbocycles. The van der Waals surface area contributed by atoms with Crippen LogP contribution in [0.5, 0.6) is 0 Å². The van der Waals surface area contributed by atoms with Gasteiger partial charge in [0.2, 0.25) is 0 Å². The first-order valence-corrected chi connectivity index (χ1v) is 5.78. The van der Waals surface area contributed by atoms with Crippen LogP contribution in [0.25, 0.3) is 0 Å². The third kappa shape index (κ3) is 3.52. The molecule has 0 unspecified atom stereocenters. The van der Waals surface area contributed by atoms with Gasteiger partial charge in [0, 0.05) is 5.41 Å². The standard InChI is InChI=1S/C13H23NO/c1-12(2,3)13(4,15)8-7-11-14-9-5-6-10-14/h15H,5-6,9-11H2,1-4H3/t13-/m0/s1. The van der Waals surface area contributed by atoms with Crippen molar-refractivity contribution in [2.24, 2.45) is 5.41 Å². The Balaban J connectivity index is 2.49. The van der Waals surface area contributed by atoms with E-state index in [0.29, 0.717) is 0 Å². The predicted molar refractivity (Wildman–Crippen MR) is 63.5 cm³/mol. The number of hydrogen-bond acceptors (Lipinski definition) is 2. The minimum atomic E-state index is -0.896. The molecular formula is C13H23NO. The van der Waals surface area contributed by atoms with Gasteiger partial charge in [-0.3, -0.25) is 4.90 Å². The fourth-order valence-electron chi connectivity index (χ4n) is 1.45. The molecular weight excluding hydrogens is 186 g/mol. The van der Waals surface area contributed by atoms with Crippen molar-refractivity contribution in [2.45, 2.75) is 46.1 Å². The highest BCUT2D eigenvalue weighted by atomic mass is 16.3. The van der Waals surface area contributed by atoms with E-state index in [4.69, 9.17) is 0 Å². The van der Waals surface area contributed by atoms with Crippen molar-refractivity contribution in [1.82, 2.24) is 4.90 Å². The molecule has 1 aliphatic heterocycles. The van der Waals surface area contributed by atoms with Crippen molar-refractivity contribution in [3.05, 3.63) is 0 Å². The first kappa shape index (κ1) is 12.5. The first-order chi connectivity index (χ1) is 6.83. The zero-order chi connectivity index (χ0) is 11.5. The van der Waals surface area contributed by atoms with Gasteiger partial charge in [0.1, 0.15) is 5.60 Å². The maximum absolute atomic E-state index is 10.1. The number of hydrogen-bond donors (Lipinski definition) is 1. The summed E-state index contributed by atoms with van der Waals surface area (Å²) in [7, 11) is 0. The molecule has 0 amide bonds. The molecule has 1 fully saturated rings. The van der Waals surface area contributed by atoms with Gasteiger partial charge in [-0.15, -0.1) is 0 Å². The predicted octanol–water partition coefficient (Wildman–Crippen LogP) is 1.88. The van der Waals surface area contributed by atoms with E-state index in [9.17, 15) is 5.11 Å². The van der Waals surface area contributed by atoms with Gasteiger partial charge in [0.05, 0.1) is 6.54 Å². The molecule has 0 spiro atoms. The molecule has 0 radical (unpaired) electrons. The average molecular weight is 209 g/mol. The average Bonchev–Trinajstić information content (AvgIpc) is 2.54. The number of likely N-dealkylation sites (tertiary alicyclic amines) is 1. The summed E-state index contributed by atoms with van der Waals surface area (Å²) < 4.78 is 0. The van der Waals surface area contributed by atoms with Crippen LogP contribution in [0.1, 0.15) is 40.5 Å². The minimum Gasteiger partial charge on any atom is -0.377 e. The molecule has 0 aromatic carbocycles. The van der Waals surface area contributed by atoms with E-state index in [0.717, 1.165) is 19.6 Å². The van der Waals surface area contributed by atoms with Crippen LogP contribution >= 0.6 is 0 Å². The Labute approximate surface area is 93.7 Å². The fourth-order valence-corrected chi connectivity index (χ4v) is 1.45. The molecule has 15 heavy (non-hydrogen) atoms. The minimum absolute atomic E-state index is 0.189. The Bertz CT molecular complexity index is 258. The highest BCUT2D eigenvalue weighted by Crippen LogP contribution is 2.28. The molecule has 1 atom stereocenters. The molecule has 2 heteroatoms. The summed E-state index contributed by atoms with van der Waals surface area (Å²) in [4.78, 5) is 2.34. The van der Waals surface area contributed by atoms with E-state index in [1.807, 2.05) is 20.8 Å². The zero-order valence-corrected chi connectivity index (χ0v) is 10.4. The summed E-state index contributed by atoms with van der Waals surface area (Å²) >= 11 is 0. The largest absolute Gasteiger partial charge is 0.377 e. The second kappa shape index (κ2) is 4.55. The smallest absolute Gasteiger partial charge is 0.127 e. The second-order valence-corrected chi connectivity index (χ2v) is 5.61. The van der Waals surface area contributed by atoms with Crippen molar-refractivity contribution < 1.29 is 5.11 Å². The van der Waals surface area contributed by atoms with Crippen LogP contribution in [-0.4, -0.2) is 35.2 Å². The van der Waals surface area contributed by atoms with Gasteiger partial charge in [-0.1, -0.05) is 32.6 Å². The Hall–Kier alpha value is -0.520. The third-order valence-corrected chi connectivity index (χ3v) is 3.29. The summed E-state index contributed by atoms with van der Waals surface area (Å²) in [5, 5.41) is 10.1. The van der Waals surface area contributed by atoms with Crippen LogP contribution in [0.15, 0.2) is 0 Å². The quantitative estimate of drug-likeness (QED) is 0.667. The van der Waals surface area contributed by atoms with Crippen molar-refractivity contribution in [3.8, 4) is 11.8 Å². The molecule has 1 N–H and O–H groups in total. The molecule has 1 saturated heterocycles. The van der Waals surface area contributed by atoms with E-state index < -0.39 is 5.60 Å². The van der Waals surface area contributed by atoms with Crippen LogP contribution < -0.4 is 0 Å². The van der Waals surface area contributed by atoms with Gasteiger partial charge in [0.15, 0.2) is 0 Å². The maximum atomic E-state index is 10.1. The Morgan fingerprint density at radius 2 is 1.67 bits per heavy atom. The SMILES string of the molecule is CC(C)(C)[C@@](C)(O)C#CCN1CCCC1. The molecule has 0 aromatic rings. The van der Waals surface area contributed by atoms with Crippen molar-refractivity contribution >= 4 is 0 Å². The Kier molecular flexibility index (Phi) is 3.81. The summed E-state index contributed by atoms with van der Waals surface area (Å²) in [6.07, 6.45) is 2.58. The highest BCUT2D eigenvalue weighted by Gasteiger charge is 2.33. The summed E-state index contributed by atoms with van der Waals surface area (Å²) in [5.41, 5.74) is -1.09. The van der Waals surface area contributed by atoms with E-state index >= 15 is 0 Å². The molecule has 1 aliphatic rings. The van der Waals surface area contributed by atoms with E-state index in [1.165, 1.54) is 12.8 Å². The Morgan fingerprint density at radius 1 is 1.13 bits per heavy atom. The van der Waals surface area contributed by atoms with Crippen LogP contribution in [0.4, 0.5) is 0 Å². The van der Waals surface area contributed by atoms with Crippen molar-refractivity contribution in [3.63, 3.8) is 0 Å². The molecule has 2 nitrogen and oxygen atoms in total. The lowest BCUT2D eigenvalue weighted by Crippen LogP contribution is -2.38. The van der Waals surface area contributed by atoms with Gasteiger partial charge in [-0.25, -0.2) is 0 Å². The molecule has 86 valence electrons. The number of nitrogens with zero attached hydrogens (tertiary/aromatic N) is 1. The Morgan fingerprint density at radius 3 is 2.13 bits per heavy atom. The van der Waals surface area contributed by atoms with Crippen LogP contribution in [0.2, 0.25) is 0 Å². The van der Waals surface area contributed by atoms with E-state index in [2.05, 4.69) is 16.7 Å². The number of aliphatic hydroxyl groups is 1. The summed E-state index contributed by atoms with van der Waals surface area (Å²) in [5.74, 6) is 6.09. The lowest BCUT2D eigenvalue weighted by atomic mass is 9.78. The molecule has 0 saturated carbocycles. The summed E-state index contributed by atoms with van der Waals surface area (Å²) in [6, 6.07) is 0. The highest BCUT2D eigenvalue weighted by molar-refractivity contribution is 5.17. The second-order valence-electron chi connectivity index (χ2n) is 5.61. The zero-order valence-electron chi connectivity index (χ0n) is 10.4. The summed E-state index contributed by atoms with van der Waals surface area (Å²) in [6.45, 7) is 10.9. The molecule has 1 rings (SSSR count). The van der Waals surface area contributed by atoms with Gasteiger partial charge in [-0.2, -0.15) is 0 Å². The topological polar surface area (TPSA) is 23.5 Å².